The highest BCUT2D eigenvalue weighted by Gasteiger charge is 2.49. The average Bonchev–Trinajstić information content (AvgIpc) is 3.49. The fraction of sp³-hybridized carbons (Fsp3) is 0.182. The normalized spacial score (nSPS) is 12.2. The van der Waals surface area contributed by atoms with Crippen molar-refractivity contribution in [3.8, 4) is 11.8 Å². The number of aromatic hydroxyl groups is 1. The molecule has 0 aliphatic carbocycles. The van der Waals surface area contributed by atoms with Gasteiger partial charge in [-0.3, -0.25) is 18.8 Å². The van der Waals surface area contributed by atoms with Crippen molar-refractivity contribution in [2.24, 2.45) is 14.1 Å². The van der Waals surface area contributed by atoms with Crippen molar-refractivity contribution in [1.82, 2.24) is 24.5 Å². The molecule has 11 nitrogen and oxygen atoms in total. The van der Waals surface area contributed by atoms with Gasteiger partial charge in [0.25, 0.3) is 11.5 Å². The molecule has 0 bridgehead atoms. The first-order valence-electron chi connectivity index (χ1n) is 10.0. The first-order valence-corrected chi connectivity index (χ1v) is 10.0. The van der Waals surface area contributed by atoms with E-state index in [1.807, 2.05) is 6.07 Å². The summed E-state index contributed by atoms with van der Waals surface area (Å²) in [7, 11) is 2.53. The minimum atomic E-state index is -3.94. The van der Waals surface area contributed by atoms with Crippen LogP contribution in [0.5, 0.6) is 5.75 Å². The summed E-state index contributed by atoms with van der Waals surface area (Å²) in [6.45, 7) is 0. The lowest BCUT2D eigenvalue weighted by Gasteiger charge is -2.28. The molecule has 0 aliphatic rings. The van der Waals surface area contributed by atoms with Gasteiger partial charge in [-0.25, -0.2) is 4.98 Å². The fourth-order valence-corrected chi connectivity index (χ4v) is 3.66. The van der Waals surface area contributed by atoms with E-state index in [4.69, 9.17) is 0 Å². The lowest BCUT2D eigenvalue weighted by molar-refractivity contribution is -0.0349. The number of nitrogens with zero attached hydrogens (tertiary/aromatic N) is 6. The van der Waals surface area contributed by atoms with Crippen molar-refractivity contribution < 1.29 is 23.2 Å². The zero-order valence-electron chi connectivity index (χ0n) is 18.3. The second kappa shape index (κ2) is 8.82. The third-order valence-electron chi connectivity index (χ3n) is 5.28. The molecule has 0 saturated carbocycles. The summed E-state index contributed by atoms with van der Waals surface area (Å²) < 4.78 is 39.0. The number of carbonyl (C=O) groups excluding carboxylic acids is 1. The number of hydrogen-bond acceptors (Lipinski definition) is 8. The van der Waals surface area contributed by atoms with Gasteiger partial charge in [-0.2, -0.15) is 19.1 Å². The van der Waals surface area contributed by atoms with E-state index < -0.39 is 40.6 Å². The quantitative estimate of drug-likeness (QED) is 0.425. The highest BCUT2D eigenvalue weighted by molar-refractivity contribution is 6.04. The molecule has 2 N–H and O–H groups in total. The summed E-state index contributed by atoms with van der Waals surface area (Å²) in [6, 6.07) is 7.67. The van der Waals surface area contributed by atoms with Crippen LogP contribution in [0.3, 0.4) is 0 Å². The highest BCUT2D eigenvalue weighted by Crippen LogP contribution is 2.46. The van der Waals surface area contributed by atoms with Crippen LogP contribution in [0.4, 0.5) is 14.5 Å². The van der Waals surface area contributed by atoms with Crippen molar-refractivity contribution >= 4 is 11.6 Å². The lowest BCUT2D eigenvalue weighted by Crippen LogP contribution is -2.36. The molecule has 0 fully saturated rings. The lowest BCUT2D eigenvalue weighted by atomic mass is 9.84. The van der Waals surface area contributed by atoms with Crippen LogP contribution in [-0.4, -0.2) is 35.5 Å². The Bertz CT molecular complexity index is 1500. The number of nitrogens with one attached hydrogen (secondary N) is 1. The summed E-state index contributed by atoms with van der Waals surface area (Å²) in [6.07, 6.45) is 4.75. The molecule has 1 atom stereocenters. The van der Waals surface area contributed by atoms with E-state index in [-0.39, 0.29) is 22.4 Å². The monoisotopic (exact) mass is 481 g/mol. The van der Waals surface area contributed by atoms with Crippen LogP contribution in [-0.2, 0) is 20.0 Å². The molecule has 1 amide bonds. The van der Waals surface area contributed by atoms with Gasteiger partial charge in [0.2, 0.25) is 5.75 Å². The third-order valence-corrected chi connectivity index (χ3v) is 5.28. The minimum Gasteiger partial charge on any atom is -0.501 e. The van der Waals surface area contributed by atoms with E-state index in [0.29, 0.717) is 4.57 Å². The largest absolute Gasteiger partial charge is 0.501 e. The Hall–Kier alpha value is -4.86. The Labute approximate surface area is 195 Å². The van der Waals surface area contributed by atoms with Crippen LogP contribution in [0.2, 0.25) is 0 Å². The number of benzene rings is 1. The average molecular weight is 481 g/mol. The summed E-state index contributed by atoms with van der Waals surface area (Å²) in [4.78, 5) is 29.0. The van der Waals surface area contributed by atoms with Crippen molar-refractivity contribution in [2.75, 3.05) is 5.32 Å². The van der Waals surface area contributed by atoms with Gasteiger partial charge < -0.3 is 14.9 Å². The SMILES string of the molecule is Cn1cc(C(c2ccccc2C#N)C(F)(F)c2nc(C(=O)Nc3cnoc3)c(O)c(=O)n2C)cn1. The molecule has 4 rings (SSSR count). The van der Waals surface area contributed by atoms with Crippen molar-refractivity contribution in [1.29, 1.82) is 5.26 Å². The Morgan fingerprint density at radius 2 is 2.03 bits per heavy atom. The van der Waals surface area contributed by atoms with Gasteiger partial charge in [-0.05, 0) is 11.6 Å². The summed E-state index contributed by atoms with van der Waals surface area (Å²) >= 11 is 0. The summed E-state index contributed by atoms with van der Waals surface area (Å²) in [5.41, 5.74) is -2.13. The Kier molecular flexibility index (Phi) is 5.87. The molecule has 0 aliphatic heterocycles. The number of halogens is 2. The van der Waals surface area contributed by atoms with E-state index in [2.05, 4.69) is 25.1 Å². The number of anilines is 1. The number of hydrogen-bond donors (Lipinski definition) is 2. The van der Waals surface area contributed by atoms with Gasteiger partial charge in [-0.15, -0.1) is 0 Å². The Morgan fingerprint density at radius 3 is 2.66 bits per heavy atom. The number of aromatic nitrogens is 5. The molecule has 13 heteroatoms. The van der Waals surface area contributed by atoms with Crippen LogP contribution >= 0.6 is 0 Å². The number of aryl methyl sites for hydroxylation is 1. The van der Waals surface area contributed by atoms with Crippen LogP contribution in [0.25, 0.3) is 0 Å². The maximum Gasteiger partial charge on any atom is 0.315 e. The van der Waals surface area contributed by atoms with Gasteiger partial charge >= 0.3 is 5.92 Å². The van der Waals surface area contributed by atoms with Crippen molar-refractivity contribution in [3.63, 3.8) is 0 Å². The maximum atomic E-state index is 16.3. The van der Waals surface area contributed by atoms with Crippen molar-refractivity contribution in [3.05, 3.63) is 87.7 Å². The van der Waals surface area contributed by atoms with Crippen molar-refractivity contribution in [2.45, 2.75) is 11.8 Å². The second-order valence-corrected chi connectivity index (χ2v) is 7.57. The molecule has 1 aromatic carbocycles. The van der Waals surface area contributed by atoms with E-state index in [9.17, 15) is 20.0 Å². The van der Waals surface area contributed by atoms with Crippen LogP contribution in [0.1, 0.15) is 38.9 Å². The maximum absolute atomic E-state index is 16.3. The van der Waals surface area contributed by atoms with E-state index in [0.717, 1.165) is 19.5 Å². The number of amides is 1. The minimum absolute atomic E-state index is 0.0183. The molecular formula is C22H17F2N7O4. The van der Waals surface area contributed by atoms with E-state index in [1.165, 1.54) is 48.4 Å². The molecule has 1 unspecified atom stereocenters. The first-order chi connectivity index (χ1) is 16.6. The second-order valence-electron chi connectivity index (χ2n) is 7.57. The zero-order valence-corrected chi connectivity index (χ0v) is 18.3. The standard InChI is InChI=1S/C22H17F2N7O4/c1-30-10-13(8-26-30)16(15-6-4-3-5-12(15)7-25)22(23,24)21-29-17(18(32)20(34)31(21)2)19(33)28-14-9-27-35-11-14/h3-6,8-11,16,32H,1-2H3,(H,28,33). The molecular weight excluding hydrogens is 464 g/mol. The predicted molar refractivity (Wildman–Crippen MR) is 116 cm³/mol. The number of nitriles is 1. The van der Waals surface area contributed by atoms with Crippen LogP contribution in [0.15, 0.2) is 58.4 Å². The topological polar surface area (TPSA) is 152 Å². The van der Waals surface area contributed by atoms with Crippen LogP contribution < -0.4 is 10.9 Å². The van der Waals surface area contributed by atoms with Gasteiger partial charge in [0.15, 0.2) is 11.5 Å². The van der Waals surface area contributed by atoms with Gasteiger partial charge in [0.1, 0.15) is 12.0 Å². The molecule has 0 saturated heterocycles. The molecule has 0 radical (unpaired) electrons. The molecule has 3 aromatic heterocycles. The first kappa shape index (κ1) is 23.3. The number of carbonyl (C=O) groups is 1. The Balaban J connectivity index is 1.92. The fourth-order valence-electron chi connectivity index (χ4n) is 3.66. The predicted octanol–water partition coefficient (Wildman–Crippen LogP) is 2.26. The van der Waals surface area contributed by atoms with Crippen LogP contribution in [0, 0.1) is 11.3 Å². The molecule has 35 heavy (non-hydrogen) atoms. The number of rotatable bonds is 6. The van der Waals surface area contributed by atoms with Gasteiger partial charge in [0, 0.05) is 25.9 Å². The Morgan fingerprint density at radius 1 is 1.29 bits per heavy atom. The van der Waals surface area contributed by atoms with Gasteiger partial charge in [-0.1, -0.05) is 23.4 Å². The van der Waals surface area contributed by atoms with Gasteiger partial charge in [0.05, 0.1) is 29.9 Å². The van der Waals surface area contributed by atoms with E-state index >= 15 is 8.78 Å². The number of alkyl halides is 2. The highest BCUT2D eigenvalue weighted by atomic mass is 19.3. The smallest absolute Gasteiger partial charge is 0.315 e. The molecule has 4 aromatic rings. The molecule has 3 heterocycles. The summed E-state index contributed by atoms with van der Waals surface area (Å²) in [5, 5.41) is 29.4. The van der Waals surface area contributed by atoms with E-state index in [1.54, 1.807) is 0 Å². The third kappa shape index (κ3) is 4.12. The molecule has 178 valence electrons. The summed E-state index contributed by atoms with van der Waals surface area (Å²) in [5.74, 6) is -9.09. The molecule has 0 spiro atoms. The zero-order chi connectivity index (χ0) is 25.3.